The Morgan fingerprint density at radius 3 is 1.25 bits per heavy atom. The van der Waals surface area contributed by atoms with Crippen molar-refractivity contribution in [1.82, 2.24) is 0 Å². The molecular formula is C18H30O6. The molecule has 1 N–H and O–H groups in total. The van der Waals surface area contributed by atoms with Gasteiger partial charge in [-0.25, -0.2) is 0 Å². The quantitative estimate of drug-likeness (QED) is 0.304. The zero-order valence-electron chi connectivity index (χ0n) is 14.6. The van der Waals surface area contributed by atoms with E-state index in [1.165, 1.54) is 25.4 Å². The molecule has 6 heteroatoms. The molecule has 0 aliphatic heterocycles. The van der Waals surface area contributed by atoms with Gasteiger partial charge in [0.15, 0.2) is 0 Å². The summed E-state index contributed by atoms with van der Waals surface area (Å²) in [6.07, 6.45) is 11.8. The molecule has 0 aromatic heterocycles. The van der Waals surface area contributed by atoms with Crippen LogP contribution in [0.5, 0.6) is 0 Å². The molecule has 0 unspecified atom stereocenters. The van der Waals surface area contributed by atoms with E-state index in [1.54, 1.807) is 0 Å². The van der Waals surface area contributed by atoms with Gasteiger partial charge in [0, 0.05) is 19.8 Å². The Hall–Kier alpha value is -2.11. The summed E-state index contributed by atoms with van der Waals surface area (Å²) in [6, 6.07) is 0. The van der Waals surface area contributed by atoms with E-state index in [2.05, 4.69) is 22.6 Å². The van der Waals surface area contributed by atoms with Crippen LogP contribution in [0.1, 0.15) is 71.1 Å². The molecule has 0 aliphatic rings. The van der Waals surface area contributed by atoms with E-state index in [0.29, 0.717) is 12.8 Å². The van der Waals surface area contributed by atoms with Crippen LogP contribution in [0.2, 0.25) is 0 Å². The van der Waals surface area contributed by atoms with Gasteiger partial charge in [-0.3, -0.25) is 14.4 Å². The lowest BCUT2D eigenvalue weighted by molar-refractivity contribution is -0.139. The monoisotopic (exact) mass is 342 g/mol. The molecule has 0 aromatic carbocycles. The number of aliphatic carboxylic acids is 1. The molecule has 24 heavy (non-hydrogen) atoms. The third-order valence-electron chi connectivity index (χ3n) is 2.94. The number of ether oxygens (including phenoxy) is 2. The molecule has 0 aliphatic carbocycles. The fourth-order valence-electron chi connectivity index (χ4n) is 1.90. The highest BCUT2D eigenvalue weighted by Gasteiger charge is 2.01. The van der Waals surface area contributed by atoms with Gasteiger partial charge < -0.3 is 14.6 Å². The van der Waals surface area contributed by atoms with E-state index in [4.69, 9.17) is 9.90 Å². The lowest BCUT2D eigenvalue weighted by Crippen LogP contribution is -1.98. The predicted molar refractivity (Wildman–Crippen MR) is 92.1 cm³/mol. The SMILES string of the molecule is C=COC(=O)CCCCCCCCCCC(=O)OC=C.CC(=O)O. The van der Waals surface area contributed by atoms with Gasteiger partial charge in [0.2, 0.25) is 0 Å². The van der Waals surface area contributed by atoms with Crippen molar-refractivity contribution in [1.29, 1.82) is 0 Å². The predicted octanol–water partition coefficient (Wildman–Crippen LogP) is 4.35. The minimum absolute atomic E-state index is 0.202. The van der Waals surface area contributed by atoms with Crippen LogP contribution in [-0.2, 0) is 23.9 Å². The Morgan fingerprint density at radius 1 is 0.750 bits per heavy atom. The van der Waals surface area contributed by atoms with Gasteiger partial charge >= 0.3 is 11.9 Å². The summed E-state index contributed by atoms with van der Waals surface area (Å²) >= 11 is 0. The second-order valence-corrected chi connectivity index (χ2v) is 5.16. The number of carbonyl (C=O) groups is 3. The van der Waals surface area contributed by atoms with Crippen LogP contribution in [0.4, 0.5) is 0 Å². The zero-order valence-corrected chi connectivity index (χ0v) is 14.6. The molecule has 0 saturated heterocycles. The van der Waals surface area contributed by atoms with Gasteiger partial charge in [-0.2, -0.15) is 0 Å². The van der Waals surface area contributed by atoms with Crippen LogP contribution in [0.25, 0.3) is 0 Å². The molecule has 0 radical (unpaired) electrons. The van der Waals surface area contributed by atoms with E-state index < -0.39 is 5.97 Å². The molecule has 0 rings (SSSR count). The number of unbranched alkanes of at least 4 members (excludes halogenated alkanes) is 7. The van der Waals surface area contributed by atoms with Crippen molar-refractivity contribution < 1.29 is 29.0 Å². The van der Waals surface area contributed by atoms with Crippen LogP contribution in [0.15, 0.2) is 25.7 Å². The fraction of sp³-hybridized carbons (Fsp3) is 0.611. The van der Waals surface area contributed by atoms with E-state index in [1.807, 2.05) is 0 Å². The lowest BCUT2D eigenvalue weighted by Gasteiger charge is -2.02. The highest BCUT2D eigenvalue weighted by molar-refractivity contribution is 5.70. The maximum absolute atomic E-state index is 11.0. The first kappa shape index (κ1) is 24.1. The first-order chi connectivity index (χ1) is 11.4. The van der Waals surface area contributed by atoms with Crippen LogP contribution in [0.3, 0.4) is 0 Å². The Kier molecular flexibility index (Phi) is 19.1. The first-order valence-corrected chi connectivity index (χ1v) is 8.24. The Morgan fingerprint density at radius 2 is 1.00 bits per heavy atom. The fourth-order valence-corrected chi connectivity index (χ4v) is 1.90. The van der Waals surface area contributed by atoms with Gasteiger partial charge in [0.25, 0.3) is 5.97 Å². The van der Waals surface area contributed by atoms with Gasteiger partial charge in [-0.05, 0) is 12.8 Å². The number of esters is 2. The maximum atomic E-state index is 11.0. The molecule has 0 saturated carbocycles. The topological polar surface area (TPSA) is 89.9 Å². The van der Waals surface area contributed by atoms with Crippen LogP contribution >= 0.6 is 0 Å². The van der Waals surface area contributed by atoms with Gasteiger partial charge in [-0.1, -0.05) is 51.7 Å². The van der Waals surface area contributed by atoms with Crippen molar-refractivity contribution in [3.05, 3.63) is 25.7 Å². The van der Waals surface area contributed by atoms with Crippen LogP contribution < -0.4 is 0 Å². The van der Waals surface area contributed by atoms with Crippen LogP contribution in [0, 0.1) is 0 Å². The molecular weight excluding hydrogens is 312 g/mol. The third kappa shape index (κ3) is 24.9. The molecule has 0 spiro atoms. The van der Waals surface area contributed by atoms with Crippen molar-refractivity contribution in [3.63, 3.8) is 0 Å². The number of hydrogen-bond acceptors (Lipinski definition) is 5. The highest BCUT2D eigenvalue weighted by atomic mass is 16.5. The summed E-state index contributed by atoms with van der Waals surface area (Å²) in [4.78, 5) is 31.0. The zero-order chi connectivity index (χ0) is 18.6. The van der Waals surface area contributed by atoms with Gasteiger partial charge in [0.05, 0.1) is 12.5 Å². The van der Waals surface area contributed by atoms with Crippen LogP contribution in [-0.4, -0.2) is 23.0 Å². The molecule has 0 fully saturated rings. The Labute approximate surface area is 144 Å². The van der Waals surface area contributed by atoms with Gasteiger partial charge in [0.1, 0.15) is 0 Å². The van der Waals surface area contributed by atoms with E-state index >= 15 is 0 Å². The maximum Gasteiger partial charge on any atom is 0.310 e. The summed E-state index contributed by atoms with van der Waals surface area (Å²) in [5.74, 6) is -1.24. The number of carboxylic acids is 1. The Balaban J connectivity index is 0. The molecule has 0 bridgehead atoms. The number of carboxylic acid groups (broad SMARTS) is 1. The second kappa shape index (κ2) is 18.9. The summed E-state index contributed by atoms with van der Waals surface area (Å²) in [6.45, 7) is 7.76. The second-order valence-electron chi connectivity index (χ2n) is 5.16. The molecule has 6 nitrogen and oxygen atoms in total. The molecule has 0 heterocycles. The highest BCUT2D eigenvalue weighted by Crippen LogP contribution is 2.11. The van der Waals surface area contributed by atoms with Crippen molar-refractivity contribution in [3.8, 4) is 0 Å². The summed E-state index contributed by atoms with van der Waals surface area (Å²) in [7, 11) is 0. The summed E-state index contributed by atoms with van der Waals surface area (Å²) in [5, 5.41) is 7.42. The van der Waals surface area contributed by atoms with E-state index in [-0.39, 0.29) is 11.9 Å². The summed E-state index contributed by atoms with van der Waals surface area (Å²) < 4.78 is 9.26. The van der Waals surface area contributed by atoms with Crippen molar-refractivity contribution in [2.45, 2.75) is 71.1 Å². The number of hydrogen-bond donors (Lipinski definition) is 1. The normalized spacial score (nSPS) is 9.21. The average Bonchev–Trinajstić information content (AvgIpc) is 2.49. The number of carbonyl (C=O) groups excluding carboxylic acids is 2. The Bertz CT molecular complexity index is 342. The largest absolute Gasteiger partial charge is 0.481 e. The smallest absolute Gasteiger partial charge is 0.310 e. The van der Waals surface area contributed by atoms with E-state index in [9.17, 15) is 9.59 Å². The molecule has 0 aromatic rings. The van der Waals surface area contributed by atoms with Gasteiger partial charge in [-0.15, -0.1) is 0 Å². The minimum atomic E-state index is -0.833. The number of rotatable bonds is 13. The lowest BCUT2D eigenvalue weighted by atomic mass is 10.1. The molecule has 138 valence electrons. The third-order valence-corrected chi connectivity index (χ3v) is 2.94. The average molecular weight is 342 g/mol. The standard InChI is InChI=1S/C16H26O4.C2H4O2/c1-3-19-15(17)13-11-9-7-5-6-8-10-12-14-16(18)20-4-2;1-2(3)4/h3-4H,1-2,5-14H2;1H3,(H,3,4). The minimum Gasteiger partial charge on any atom is -0.481 e. The summed E-state index contributed by atoms with van der Waals surface area (Å²) in [5.41, 5.74) is 0. The molecule has 0 amide bonds. The van der Waals surface area contributed by atoms with Crippen molar-refractivity contribution >= 4 is 17.9 Å². The molecule has 0 atom stereocenters. The van der Waals surface area contributed by atoms with E-state index in [0.717, 1.165) is 45.4 Å². The van der Waals surface area contributed by atoms with Crippen molar-refractivity contribution in [2.75, 3.05) is 0 Å². The first-order valence-electron chi connectivity index (χ1n) is 8.24. The van der Waals surface area contributed by atoms with Crippen molar-refractivity contribution in [2.24, 2.45) is 0 Å².